The van der Waals surface area contributed by atoms with Crippen LogP contribution in [0.2, 0.25) is 0 Å². The Morgan fingerprint density at radius 2 is 1.95 bits per heavy atom. The molecule has 1 aliphatic heterocycles. The molecule has 2 N–H and O–H groups in total. The van der Waals surface area contributed by atoms with Gasteiger partial charge in [-0.2, -0.15) is 12.7 Å². The summed E-state index contributed by atoms with van der Waals surface area (Å²) in [6.45, 7) is 1.11. The minimum atomic E-state index is -3.70. The van der Waals surface area contributed by atoms with E-state index < -0.39 is 15.1 Å². The first-order chi connectivity index (χ1) is 8.89. The molecule has 1 aromatic heterocycles. The molecule has 2 heterocycles. The third kappa shape index (κ3) is 2.97. The summed E-state index contributed by atoms with van der Waals surface area (Å²) < 4.78 is 23.5. The lowest BCUT2D eigenvalue weighted by atomic mass is 10.2. The van der Waals surface area contributed by atoms with Gasteiger partial charge in [0.05, 0.1) is 4.92 Å². The highest BCUT2D eigenvalue weighted by molar-refractivity contribution is 7.86. The number of piperazine rings is 1. The quantitative estimate of drug-likeness (QED) is 0.580. The Morgan fingerprint density at radius 3 is 2.47 bits per heavy atom. The minimum absolute atomic E-state index is 0.0912. The van der Waals surface area contributed by atoms with E-state index in [2.05, 4.69) is 4.98 Å². The Balaban J connectivity index is 2.16. The van der Waals surface area contributed by atoms with E-state index in [1.54, 1.807) is 11.0 Å². The molecule has 0 aliphatic carbocycles. The number of rotatable bonds is 3. The predicted octanol–water partition coefficient (Wildman–Crippen LogP) is -0.685. The second kappa shape index (κ2) is 5.07. The molecule has 19 heavy (non-hydrogen) atoms. The third-order valence-corrected chi connectivity index (χ3v) is 4.00. The highest BCUT2D eigenvalue weighted by Crippen LogP contribution is 2.27. The average Bonchev–Trinajstić information content (AvgIpc) is 2.38. The van der Waals surface area contributed by atoms with Gasteiger partial charge < -0.3 is 4.90 Å². The first-order valence-electron chi connectivity index (χ1n) is 5.51. The molecule has 0 amide bonds. The van der Waals surface area contributed by atoms with E-state index in [0.717, 1.165) is 4.31 Å². The molecular formula is C9H13N5O4S. The van der Waals surface area contributed by atoms with Crippen LogP contribution in [-0.4, -0.2) is 48.8 Å². The number of anilines is 1. The lowest BCUT2D eigenvalue weighted by Gasteiger charge is -2.33. The number of nitro groups is 1. The van der Waals surface area contributed by atoms with Gasteiger partial charge in [0.25, 0.3) is 10.2 Å². The van der Waals surface area contributed by atoms with Gasteiger partial charge in [0.2, 0.25) is 0 Å². The van der Waals surface area contributed by atoms with E-state index in [-0.39, 0.29) is 18.8 Å². The Morgan fingerprint density at radius 1 is 1.32 bits per heavy atom. The van der Waals surface area contributed by atoms with Gasteiger partial charge in [-0.1, -0.05) is 0 Å². The van der Waals surface area contributed by atoms with Crippen molar-refractivity contribution < 1.29 is 13.3 Å². The van der Waals surface area contributed by atoms with Gasteiger partial charge in [0.1, 0.15) is 11.9 Å². The summed E-state index contributed by atoms with van der Waals surface area (Å²) in [6, 6.07) is 1.55. The lowest BCUT2D eigenvalue weighted by molar-refractivity contribution is -0.384. The molecule has 0 radical (unpaired) electrons. The van der Waals surface area contributed by atoms with Gasteiger partial charge in [-0.3, -0.25) is 15.1 Å². The summed E-state index contributed by atoms with van der Waals surface area (Å²) in [6.07, 6.45) is 2.65. The molecule has 0 saturated carbocycles. The largest absolute Gasteiger partial charge is 0.363 e. The average molecular weight is 287 g/mol. The summed E-state index contributed by atoms with van der Waals surface area (Å²) in [5, 5.41) is 15.9. The molecule has 1 aliphatic rings. The Labute approximate surface area is 110 Å². The maximum atomic E-state index is 11.2. The maximum Gasteiger partial charge on any atom is 0.310 e. The van der Waals surface area contributed by atoms with Crippen LogP contribution in [0.25, 0.3) is 0 Å². The zero-order valence-electron chi connectivity index (χ0n) is 9.97. The van der Waals surface area contributed by atoms with Gasteiger partial charge >= 0.3 is 5.69 Å². The predicted molar refractivity (Wildman–Crippen MR) is 67.8 cm³/mol. The zero-order valence-corrected chi connectivity index (χ0v) is 10.8. The molecule has 0 unspecified atom stereocenters. The van der Waals surface area contributed by atoms with Crippen LogP contribution in [0, 0.1) is 10.1 Å². The molecule has 2 rings (SSSR count). The molecule has 1 aromatic rings. The van der Waals surface area contributed by atoms with Crippen LogP contribution in [0.5, 0.6) is 0 Å². The first-order valence-corrected chi connectivity index (χ1v) is 7.01. The normalized spacial score (nSPS) is 17.4. The fourth-order valence-electron chi connectivity index (χ4n) is 1.97. The number of nitrogens with zero attached hydrogens (tertiary/aromatic N) is 4. The second-order valence-electron chi connectivity index (χ2n) is 4.05. The molecule has 1 saturated heterocycles. The fraction of sp³-hybridized carbons (Fsp3) is 0.444. The fourth-order valence-corrected chi connectivity index (χ4v) is 2.64. The van der Waals surface area contributed by atoms with Crippen molar-refractivity contribution in [3.05, 3.63) is 28.6 Å². The number of hydrogen-bond acceptors (Lipinski definition) is 6. The lowest BCUT2D eigenvalue weighted by Crippen LogP contribution is -2.50. The Bertz CT molecular complexity index is 582. The number of pyridine rings is 1. The number of aromatic nitrogens is 1. The maximum absolute atomic E-state index is 11.2. The van der Waals surface area contributed by atoms with Crippen molar-refractivity contribution in [2.75, 3.05) is 31.1 Å². The Kier molecular flexibility index (Phi) is 3.64. The van der Waals surface area contributed by atoms with E-state index in [9.17, 15) is 18.5 Å². The molecular weight excluding hydrogens is 274 g/mol. The van der Waals surface area contributed by atoms with Gasteiger partial charge in [-0.05, 0) is 6.07 Å². The first kappa shape index (κ1) is 13.6. The molecule has 10 heteroatoms. The second-order valence-corrected chi connectivity index (χ2v) is 5.60. The molecule has 0 bridgehead atoms. The summed E-state index contributed by atoms with van der Waals surface area (Å²) in [5.74, 6) is 0. The zero-order chi connectivity index (χ0) is 14.0. The highest BCUT2D eigenvalue weighted by atomic mass is 32.2. The van der Waals surface area contributed by atoms with Crippen LogP contribution in [0.15, 0.2) is 18.5 Å². The van der Waals surface area contributed by atoms with Crippen molar-refractivity contribution in [3.8, 4) is 0 Å². The molecule has 0 atom stereocenters. The van der Waals surface area contributed by atoms with Gasteiger partial charge in [0.15, 0.2) is 0 Å². The SMILES string of the molecule is NS(=O)(=O)N1CCN(c2ccncc2[N+](=O)[O-])CC1. The molecule has 1 fully saturated rings. The summed E-state index contributed by atoms with van der Waals surface area (Å²) in [5.41, 5.74) is 0.348. The van der Waals surface area contributed by atoms with Crippen molar-refractivity contribution >= 4 is 21.6 Å². The van der Waals surface area contributed by atoms with Gasteiger partial charge in [0, 0.05) is 32.4 Å². The summed E-state index contributed by atoms with van der Waals surface area (Å²) >= 11 is 0. The number of hydrogen-bond donors (Lipinski definition) is 1. The third-order valence-electron chi connectivity index (χ3n) is 2.91. The van der Waals surface area contributed by atoms with Crippen LogP contribution < -0.4 is 10.0 Å². The minimum Gasteiger partial charge on any atom is -0.363 e. The molecule has 0 aromatic carbocycles. The van der Waals surface area contributed by atoms with E-state index in [4.69, 9.17) is 5.14 Å². The monoisotopic (exact) mass is 287 g/mol. The van der Waals surface area contributed by atoms with Crippen molar-refractivity contribution in [1.82, 2.24) is 9.29 Å². The number of nitrogens with two attached hydrogens (primary N) is 1. The van der Waals surface area contributed by atoms with Crippen LogP contribution in [0.4, 0.5) is 11.4 Å². The van der Waals surface area contributed by atoms with Crippen LogP contribution in [-0.2, 0) is 10.2 Å². The van der Waals surface area contributed by atoms with Gasteiger partial charge in [-0.25, -0.2) is 5.14 Å². The van der Waals surface area contributed by atoms with E-state index >= 15 is 0 Å². The summed E-state index contributed by atoms with van der Waals surface area (Å²) in [7, 11) is -3.70. The van der Waals surface area contributed by atoms with Crippen LogP contribution in [0.1, 0.15) is 0 Å². The Hall–Kier alpha value is -1.78. The molecule has 104 valence electrons. The van der Waals surface area contributed by atoms with Crippen molar-refractivity contribution in [3.63, 3.8) is 0 Å². The summed E-state index contributed by atoms with van der Waals surface area (Å²) in [4.78, 5) is 15.9. The van der Waals surface area contributed by atoms with E-state index in [1.165, 1.54) is 12.4 Å². The van der Waals surface area contributed by atoms with Crippen molar-refractivity contribution in [2.24, 2.45) is 5.14 Å². The molecule has 0 spiro atoms. The van der Waals surface area contributed by atoms with E-state index in [0.29, 0.717) is 18.8 Å². The van der Waals surface area contributed by atoms with Crippen molar-refractivity contribution in [1.29, 1.82) is 0 Å². The molecule has 9 nitrogen and oxygen atoms in total. The smallest absolute Gasteiger partial charge is 0.310 e. The van der Waals surface area contributed by atoms with Crippen LogP contribution in [0.3, 0.4) is 0 Å². The van der Waals surface area contributed by atoms with Gasteiger partial charge in [-0.15, -0.1) is 0 Å². The van der Waals surface area contributed by atoms with Crippen molar-refractivity contribution in [2.45, 2.75) is 0 Å². The highest BCUT2D eigenvalue weighted by Gasteiger charge is 2.27. The standard InChI is InChI=1S/C9H13N5O4S/c10-19(17,18)13-5-3-12(4-6-13)8-1-2-11-7-9(8)14(15)16/h1-2,7H,3-6H2,(H2,10,17,18). The topological polar surface area (TPSA) is 123 Å². The van der Waals surface area contributed by atoms with E-state index in [1.807, 2.05) is 0 Å². The van der Waals surface area contributed by atoms with Crippen LogP contribution >= 0.6 is 0 Å².